The van der Waals surface area contributed by atoms with E-state index < -0.39 is 17.4 Å². The Balaban J connectivity index is 5.77. The Morgan fingerprint density at radius 2 is 1.00 bits per heavy atom. The van der Waals surface area contributed by atoms with Gasteiger partial charge >= 0.3 is 11.9 Å². The van der Waals surface area contributed by atoms with Crippen molar-refractivity contribution in [2.75, 3.05) is 13.2 Å². The minimum Gasteiger partial charge on any atom is -0.465 e. The second kappa shape index (κ2) is 15.7. The van der Waals surface area contributed by atoms with Crippen molar-refractivity contribution < 1.29 is 19.1 Å². The fourth-order valence-electron chi connectivity index (χ4n) is 3.12. The van der Waals surface area contributed by atoms with Gasteiger partial charge in [-0.3, -0.25) is 9.59 Å². The van der Waals surface area contributed by atoms with Gasteiger partial charge in [0, 0.05) is 0 Å². The smallest absolute Gasteiger partial charge is 0.324 e. The lowest BCUT2D eigenvalue weighted by atomic mass is 9.79. The molecule has 0 aromatic carbocycles. The third kappa shape index (κ3) is 11.8. The molecule has 0 heterocycles. The fourth-order valence-corrected chi connectivity index (χ4v) is 3.12. The van der Waals surface area contributed by atoms with Crippen LogP contribution >= 0.6 is 0 Å². The summed E-state index contributed by atoms with van der Waals surface area (Å²) in [6.45, 7) is 16.4. The minimum absolute atomic E-state index is 0.229. The molecule has 0 fully saturated rings. The van der Waals surface area contributed by atoms with Crippen LogP contribution in [-0.4, -0.2) is 25.2 Å². The number of hydrogen-bond acceptors (Lipinski definition) is 4. The van der Waals surface area contributed by atoms with Gasteiger partial charge in [-0.1, -0.05) is 46.6 Å². The first-order chi connectivity index (χ1) is 14.6. The number of rotatable bonds is 14. The molecule has 0 N–H and O–H groups in total. The zero-order chi connectivity index (χ0) is 23.9. The molecule has 0 bridgehead atoms. The summed E-state index contributed by atoms with van der Waals surface area (Å²) in [5.41, 5.74) is 3.53. The number of hydrogen-bond donors (Lipinski definition) is 0. The highest BCUT2D eigenvalue weighted by molar-refractivity contribution is 6.00. The second-order valence-electron chi connectivity index (χ2n) is 8.67. The molecule has 0 saturated heterocycles. The lowest BCUT2D eigenvalue weighted by Gasteiger charge is -2.27. The molecule has 0 unspecified atom stereocenters. The summed E-state index contributed by atoms with van der Waals surface area (Å²) in [5, 5.41) is 0. The minimum atomic E-state index is -1.35. The molecule has 176 valence electrons. The summed E-state index contributed by atoms with van der Waals surface area (Å²) in [5.74, 6) is -1.01. The third-order valence-electron chi connectivity index (χ3n) is 5.11. The van der Waals surface area contributed by atoms with Gasteiger partial charge in [-0.15, -0.1) is 0 Å². The van der Waals surface area contributed by atoms with Gasteiger partial charge in [0.15, 0.2) is 5.41 Å². The molecule has 0 aromatic heterocycles. The van der Waals surface area contributed by atoms with Crippen molar-refractivity contribution in [3.63, 3.8) is 0 Å². The molecule has 0 atom stereocenters. The second-order valence-corrected chi connectivity index (χ2v) is 8.67. The van der Waals surface area contributed by atoms with Crippen molar-refractivity contribution in [1.29, 1.82) is 0 Å². The van der Waals surface area contributed by atoms with Gasteiger partial charge in [-0.25, -0.2) is 0 Å². The van der Waals surface area contributed by atoms with E-state index in [2.05, 4.69) is 39.8 Å². The summed E-state index contributed by atoms with van der Waals surface area (Å²) >= 11 is 0. The van der Waals surface area contributed by atoms with Crippen LogP contribution in [0.2, 0.25) is 0 Å². The van der Waals surface area contributed by atoms with E-state index >= 15 is 0 Å². The van der Waals surface area contributed by atoms with Crippen molar-refractivity contribution in [3.8, 4) is 0 Å². The van der Waals surface area contributed by atoms with Crippen LogP contribution in [0.25, 0.3) is 0 Å². The summed E-state index contributed by atoms with van der Waals surface area (Å²) in [4.78, 5) is 26.0. The molecule has 31 heavy (non-hydrogen) atoms. The first-order valence-corrected chi connectivity index (χ1v) is 11.5. The quantitative estimate of drug-likeness (QED) is 0.165. The van der Waals surface area contributed by atoms with E-state index in [9.17, 15) is 9.59 Å². The van der Waals surface area contributed by atoms with Crippen LogP contribution in [-0.2, 0) is 19.1 Å². The van der Waals surface area contributed by atoms with Gasteiger partial charge in [0.25, 0.3) is 0 Å². The molecule has 0 aliphatic rings. The molecule has 0 spiro atoms. The Labute approximate surface area is 190 Å². The predicted molar refractivity (Wildman–Crippen MR) is 130 cm³/mol. The van der Waals surface area contributed by atoms with Crippen LogP contribution in [0.4, 0.5) is 0 Å². The number of esters is 2. The first kappa shape index (κ1) is 28.9. The molecule has 4 nitrogen and oxygen atoms in total. The van der Waals surface area contributed by atoms with E-state index in [1.165, 1.54) is 11.1 Å². The molecular formula is C27H44O4. The van der Waals surface area contributed by atoms with Gasteiger partial charge in [-0.2, -0.15) is 0 Å². The van der Waals surface area contributed by atoms with Crippen LogP contribution in [0.1, 0.15) is 93.9 Å². The van der Waals surface area contributed by atoms with Gasteiger partial charge in [-0.05, 0) is 93.9 Å². The van der Waals surface area contributed by atoms with Crippen LogP contribution in [0, 0.1) is 5.41 Å². The van der Waals surface area contributed by atoms with Gasteiger partial charge in [0.2, 0.25) is 0 Å². The van der Waals surface area contributed by atoms with E-state index in [4.69, 9.17) is 9.47 Å². The van der Waals surface area contributed by atoms with Crippen LogP contribution in [0.3, 0.4) is 0 Å². The molecule has 0 aliphatic heterocycles. The molecule has 0 aromatic rings. The highest BCUT2D eigenvalue weighted by Gasteiger charge is 2.47. The van der Waals surface area contributed by atoms with E-state index in [1.54, 1.807) is 13.8 Å². The maximum Gasteiger partial charge on any atom is 0.324 e. The first-order valence-electron chi connectivity index (χ1n) is 11.5. The normalized spacial score (nSPS) is 12.3. The Morgan fingerprint density at radius 3 is 1.29 bits per heavy atom. The Kier molecular flexibility index (Phi) is 14.6. The van der Waals surface area contributed by atoms with Crippen LogP contribution in [0.15, 0.2) is 46.6 Å². The van der Waals surface area contributed by atoms with E-state index in [1.807, 2.05) is 26.0 Å². The molecule has 0 amide bonds. The lowest BCUT2D eigenvalue weighted by molar-refractivity contribution is -0.171. The van der Waals surface area contributed by atoms with Gasteiger partial charge < -0.3 is 9.47 Å². The molecular weight excluding hydrogens is 388 g/mol. The fraction of sp³-hybridized carbons (Fsp3) is 0.630. The monoisotopic (exact) mass is 432 g/mol. The molecule has 4 heteroatoms. The third-order valence-corrected chi connectivity index (χ3v) is 5.11. The molecule has 0 saturated carbocycles. The van der Waals surface area contributed by atoms with Crippen molar-refractivity contribution >= 4 is 11.9 Å². The summed E-state index contributed by atoms with van der Waals surface area (Å²) < 4.78 is 10.7. The Morgan fingerprint density at radius 1 is 0.645 bits per heavy atom. The predicted octanol–water partition coefficient (Wildman–Crippen LogP) is 7.26. The SMILES string of the molecule is CCOC(=O)C(C/C=C(\C)CCC=C(C)C)(C/C=C(\C)CCC=C(C)C)C(=O)OCC. The van der Waals surface area contributed by atoms with Crippen LogP contribution in [0.5, 0.6) is 0 Å². The Hall–Kier alpha value is -2.10. The van der Waals surface area contributed by atoms with Crippen molar-refractivity contribution in [1.82, 2.24) is 0 Å². The average molecular weight is 433 g/mol. The number of carbonyl (C=O) groups is 2. The van der Waals surface area contributed by atoms with E-state index in [0.29, 0.717) is 0 Å². The molecule has 0 radical (unpaired) electrons. The van der Waals surface area contributed by atoms with Gasteiger partial charge in [0.1, 0.15) is 0 Å². The maximum atomic E-state index is 13.0. The number of allylic oxidation sites excluding steroid dienone is 8. The summed E-state index contributed by atoms with van der Waals surface area (Å²) in [6, 6.07) is 0. The van der Waals surface area contributed by atoms with Crippen molar-refractivity contribution in [2.45, 2.75) is 93.9 Å². The van der Waals surface area contributed by atoms with E-state index in [-0.39, 0.29) is 26.1 Å². The largest absolute Gasteiger partial charge is 0.465 e. The summed E-state index contributed by atoms with van der Waals surface area (Å²) in [6.07, 6.45) is 12.6. The zero-order valence-electron chi connectivity index (χ0n) is 21.1. The topological polar surface area (TPSA) is 52.6 Å². The molecule has 0 aliphatic carbocycles. The number of carbonyl (C=O) groups excluding carboxylic acids is 2. The Bertz CT molecular complexity index is 624. The van der Waals surface area contributed by atoms with Crippen molar-refractivity contribution in [2.24, 2.45) is 5.41 Å². The highest BCUT2D eigenvalue weighted by Crippen LogP contribution is 2.34. The van der Waals surface area contributed by atoms with E-state index in [0.717, 1.165) is 36.8 Å². The highest BCUT2D eigenvalue weighted by atomic mass is 16.6. The number of ether oxygens (including phenoxy) is 2. The molecule has 0 rings (SSSR count). The average Bonchev–Trinajstić information content (AvgIpc) is 2.68. The van der Waals surface area contributed by atoms with Crippen LogP contribution < -0.4 is 0 Å². The lowest BCUT2D eigenvalue weighted by Crippen LogP contribution is -2.41. The van der Waals surface area contributed by atoms with Crippen molar-refractivity contribution in [3.05, 3.63) is 46.6 Å². The summed E-state index contributed by atoms with van der Waals surface area (Å²) in [7, 11) is 0. The standard InChI is InChI=1S/C27H44O4/c1-9-30-25(28)27(26(29)31-10-2,19-17-23(7)15-11-13-21(3)4)20-18-24(8)16-12-14-22(5)6/h13-14,17-18H,9-12,15-16,19-20H2,1-8H3/b23-17+,24-18+. The zero-order valence-corrected chi connectivity index (χ0v) is 21.1. The van der Waals surface area contributed by atoms with Gasteiger partial charge in [0.05, 0.1) is 13.2 Å². The maximum absolute atomic E-state index is 13.0.